The molecule has 0 N–H and O–H groups in total. The zero-order valence-corrected chi connectivity index (χ0v) is 12.1. The first-order valence-electron chi connectivity index (χ1n) is 7.07. The molecule has 0 radical (unpaired) electrons. The van der Waals surface area contributed by atoms with E-state index in [1.54, 1.807) is 5.57 Å². The van der Waals surface area contributed by atoms with Crippen LogP contribution in [0.15, 0.2) is 11.6 Å². The van der Waals surface area contributed by atoms with Crippen LogP contribution in [0.4, 0.5) is 0 Å². The van der Waals surface area contributed by atoms with E-state index in [4.69, 9.17) is 4.74 Å². The highest BCUT2D eigenvalue weighted by molar-refractivity contribution is 5.33. The van der Waals surface area contributed by atoms with Crippen LogP contribution < -0.4 is 0 Å². The minimum atomic E-state index is 0.165. The minimum absolute atomic E-state index is 0.165. The van der Waals surface area contributed by atoms with Crippen molar-refractivity contribution in [1.82, 2.24) is 0 Å². The van der Waals surface area contributed by atoms with E-state index in [1.165, 1.54) is 6.42 Å². The molecule has 2 fully saturated rings. The highest BCUT2D eigenvalue weighted by atomic mass is 16.6. The van der Waals surface area contributed by atoms with Crippen molar-refractivity contribution in [3.05, 3.63) is 11.6 Å². The summed E-state index contributed by atoms with van der Waals surface area (Å²) in [4.78, 5) is 0. The van der Waals surface area contributed by atoms with Gasteiger partial charge in [0, 0.05) is 5.92 Å². The van der Waals surface area contributed by atoms with Crippen LogP contribution in [0.1, 0.15) is 54.4 Å². The van der Waals surface area contributed by atoms with Crippen molar-refractivity contribution in [2.24, 2.45) is 22.7 Å². The first kappa shape index (κ1) is 11.8. The van der Waals surface area contributed by atoms with Crippen molar-refractivity contribution in [3.8, 4) is 0 Å². The van der Waals surface area contributed by atoms with Gasteiger partial charge in [-0.25, -0.2) is 0 Å². The summed E-state index contributed by atoms with van der Waals surface area (Å²) in [5, 5.41) is 0. The van der Waals surface area contributed by atoms with E-state index < -0.39 is 0 Å². The number of hydrogen-bond donors (Lipinski definition) is 0. The summed E-state index contributed by atoms with van der Waals surface area (Å²) < 4.78 is 6.06. The Bertz CT molecular complexity index is 390. The van der Waals surface area contributed by atoms with Gasteiger partial charge in [0.05, 0.1) is 11.7 Å². The van der Waals surface area contributed by atoms with Gasteiger partial charge in [0.1, 0.15) is 0 Å². The Morgan fingerprint density at radius 1 is 1.18 bits per heavy atom. The zero-order valence-electron chi connectivity index (χ0n) is 12.1. The Kier molecular flexibility index (Phi) is 2.07. The van der Waals surface area contributed by atoms with Crippen molar-refractivity contribution < 1.29 is 4.74 Å². The Balaban J connectivity index is 2.07. The third kappa shape index (κ3) is 1.41. The molecule has 96 valence electrons. The van der Waals surface area contributed by atoms with Crippen LogP contribution >= 0.6 is 0 Å². The maximum Gasteiger partial charge on any atom is 0.0961 e. The molecule has 2 aliphatic carbocycles. The van der Waals surface area contributed by atoms with Gasteiger partial charge in [0.15, 0.2) is 0 Å². The molecule has 0 aromatic heterocycles. The molecule has 1 aliphatic heterocycles. The minimum Gasteiger partial charge on any atom is -0.365 e. The fraction of sp³-hybridized carbons (Fsp3) is 0.875. The molecular formula is C16H26O. The molecule has 1 nitrogen and oxygen atoms in total. The van der Waals surface area contributed by atoms with Crippen LogP contribution in [0.25, 0.3) is 0 Å². The summed E-state index contributed by atoms with van der Waals surface area (Å²) >= 11 is 0. The fourth-order valence-electron chi connectivity index (χ4n) is 4.38. The van der Waals surface area contributed by atoms with Gasteiger partial charge in [-0.2, -0.15) is 0 Å². The average Bonchev–Trinajstić information content (AvgIpc) is 2.85. The molecular weight excluding hydrogens is 208 g/mol. The molecule has 0 aromatic carbocycles. The largest absolute Gasteiger partial charge is 0.365 e. The lowest BCUT2D eigenvalue weighted by Crippen LogP contribution is -2.48. The summed E-state index contributed by atoms with van der Waals surface area (Å²) in [7, 11) is 0. The molecule has 4 atom stereocenters. The smallest absolute Gasteiger partial charge is 0.0961 e. The van der Waals surface area contributed by atoms with Crippen LogP contribution in [-0.2, 0) is 4.74 Å². The van der Waals surface area contributed by atoms with E-state index in [0.717, 1.165) is 12.3 Å². The first-order valence-corrected chi connectivity index (χ1v) is 7.07. The number of rotatable bonds is 0. The molecule has 1 heteroatoms. The van der Waals surface area contributed by atoms with Gasteiger partial charge in [-0.3, -0.25) is 0 Å². The molecule has 1 saturated carbocycles. The lowest BCUT2D eigenvalue weighted by Gasteiger charge is -2.53. The predicted octanol–water partition coefficient (Wildman–Crippen LogP) is 4.18. The zero-order chi connectivity index (χ0) is 12.6. The van der Waals surface area contributed by atoms with Gasteiger partial charge >= 0.3 is 0 Å². The first-order chi connectivity index (χ1) is 7.68. The standard InChI is InChI=1S/C16H26O/c1-10-9-14(2,3)11-7-8-16(6)13(17-16)12(11)15(10,4)5/h7,10,12-13H,8-9H2,1-6H3. The van der Waals surface area contributed by atoms with E-state index in [0.29, 0.717) is 22.9 Å². The maximum absolute atomic E-state index is 6.06. The molecule has 4 unspecified atom stereocenters. The maximum atomic E-state index is 6.06. The summed E-state index contributed by atoms with van der Waals surface area (Å²) in [6.07, 6.45) is 5.42. The van der Waals surface area contributed by atoms with Crippen molar-refractivity contribution in [2.75, 3.05) is 0 Å². The van der Waals surface area contributed by atoms with E-state index in [-0.39, 0.29) is 5.60 Å². The van der Waals surface area contributed by atoms with Crippen LogP contribution in [0.2, 0.25) is 0 Å². The molecule has 1 heterocycles. The molecule has 0 spiro atoms. The number of ether oxygens (including phenoxy) is 1. The molecule has 1 saturated heterocycles. The highest BCUT2D eigenvalue weighted by Gasteiger charge is 2.65. The summed E-state index contributed by atoms with van der Waals surface area (Å²) in [5.74, 6) is 1.41. The van der Waals surface area contributed by atoms with Crippen LogP contribution in [0.5, 0.6) is 0 Å². The average molecular weight is 234 g/mol. The van der Waals surface area contributed by atoms with Gasteiger partial charge < -0.3 is 4.74 Å². The summed E-state index contributed by atoms with van der Waals surface area (Å²) in [6, 6.07) is 0. The quantitative estimate of drug-likeness (QED) is 0.452. The number of fused-ring (bicyclic) bond motifs is 3. The van der Waals surface area contributed by atoms with E-state index in [2.05, 4.69) is 47.6 Å². The molecule has 0 bridgehead atoms. The SMILES string of the molecule is CC1CC(C)(C)C2=CCC3(C)OC3C2C1(C)C. The topological polar surface area (TPSA) is 12.5 Å². The summed E-state index contributed by atoms with van der Waals surface area (Å²) in [5.41, 5.74) is 2.59. The van der Waals surface area contributed by atoms with Crippen molar-refractivity contribution in [1.29, 1.82) is 0 Å². The summed E-state index contributed by atoms with van der Waals surface area (Å²) in [6.45, 7) is 14.4. The van der Waals surface area contributed by atoms with E-state index in [1.807, 2.05) is 0 Å². The van der Waals surface area contributed by atoms with Gasteiger partial charge in [-0.05, 0) is 36.5 Å². The Labute approximate surface area is 106 Å². The normalized spacial score (nSPS) is 50.0. The van der Waals surface area contributed by atoms with Gasteiger partial charge in [-0.15, -0.1) is 0 Å². The van der Waals surface area contributed by atoms with Crippen molar-refractivity contribution in [2.45, 2.75) is 66.1 Å². The Morgan fingerprint density at radius 2 is 1.82 bits per heavy atom. The molecule has 0 aromatic rings. The lowest BCUT2D eigenvalue weighted by molar-refractivity contribution is 0.0390. The monoisotopic (exact) mass is 234 g/mol. The Hall–Kier alpha value is -0.300. The third-order valence-electron chi connectivity index (χ3n) is 5.98. The third-order valence-corrected chi connectivity index (χ3v) is 5.98. The van der Waals surface area contributed by atoms with Crippen LogP contribution in [-0.4, -0.2) is 11.7 Å². The predicted molar refractivity (Wildman–Crippen MR) is 70.8 cm³/mol. The van der Waals surface area contributed by atoms with Gasteiger partial charge in [0.25, 0.3) is 0 Å². The second-order valence-corrected chi connectivity index (χ2v) is 8.00. The number of hydrogen-bond acceptors (Lipinski definition) is 1. The number of epoxide rings is 1. The molecule has 3 aliphatic rings. The van der Waals surface area contributed by atoms with Gasteiger partial charge in [0.2, 0.25) is 0 Å². The molecule has 0 amide bonds. The second-order valence-electron chi connectivity index (χ2n) is 8.00. The van der Waals surface area contributed by atoms with Crippen molar-refractivity contribution in [3.63, 3.8) is 0 Å². The van der Waals surface area contributed by atoms with E-state index >= 15 is 0 Å². The molecule has 17 heavy (non-hydrogen) atoms. The van der Waals surface area contributed by atoms with Crippen molar-refractivity contribution >= 4 is 0 Å². The highest BCUT2D eigenvalue weighted by Crippen LogP contribution is 2.64. The van der Waals surface area contributed by atoms with Crippen LogP contribution in [0.3, 0.4) is 0 Å². The van der Waals surface area contributed by atoms with Gasteiger partial charge in [-0.1, -0.05) is 46.3 Å². The second kappa shape index (κ2) is 2.99. The molecule has 3 rings (SSSR count). The Morgan fingerprint density at radius 3 is 2.47 bits per heavy atom. The van der Waals surface area contributed by atoms with E-state index in [9.17, 15) is 0 Å². The fourth-order valence-corrected chi connectivity index (χ4v) is 4.38. The van der Waals surface area contributed by atoms with Crippen LogP contribution in [0, 0.1) is 22.7 Å². The lowest BCUT2D eigenvalue weighted by atomic mass is 9.50.